The monoisotopic (exact) mass is 255 g/mol. The third kappa shape index (κ3) is 4.29. The lowest BCUT2D eigenvalue weighted by molar-refractivity contribution is -0.129. The molecule has 2 unspecified atom stereocenters. The first-order valence-electron chi connectivity index (χ1n) is 8.02. The van der Waals surface area contributed by atoms with Crippen molar-refractivity contribution in [1.29, 1.82) is 0 Å². The molecule has 0 bridgehead atoms. The standard InChI is InChI=1S/C16H31NO.H2/c1-4-10-13(5-2)15(16(18)17-6-3)14-11-8-7-9-12-14;/h13-15H,4-12H2,1-3H3,(H,17,18);1H. The zero-order valence-corrected chi connectivity index (χ0v) is 12.5. The highest BCUT2D eigenvalue weighted by atomic mass is 16.1. The summed E-state index contributed by atoms with van der Waals surface area (Å²) in [6, 6.07) is 0. The zero-order valence-electron chi connectivity index (χ0n) is 12.5. The molecule has 0 saturated heterocycles. The summed E-state index contributed by atoms with van der Waals surface area (Å²) >= 11 is 0. The second kappa shape index (κ2) is 8.55. The lowest BCUT2D eigenvalue weighted by atomic mass is 9.71. The van der Waals surface area contributed by atoms with Crippen LogP contribution in [0.4, 0.5) is 0 Å². The molecule has 0 aromatic heterocycles. The van der Waals surface area contributed by atoms with E-state index in [1.165, 1.54) is 44.9 Å². The SMILES string of the molecule is CCCC(CC)C(C(=O)NCC)C1CCCCC1.[HH]. The maximum absolute atomic E-state index is 12.4. The highest BCUT2D eigenvalue weighted by Crippen LogP contribution is 2.37. The van der Waals surface area contributed by atoms with E-state index in [9.17, 15) is 4.79 Å². The first-order chi connectivity index (χ1) is 8.74. The predicted molar refractivity (Wildman–Crippen MR) is 79.6 cm³/mol. The van der Waals surface area contributed by atoms with Crippen LogP contribution < -0.4 is 5.32 Å². The van der Waals surface area contributed by atoms with Crippen molar-refractivity contribution in [2.45, 2.75) is 72.1 Å². The van der Waals surface area contributed by atoms with Crippen LogP contribution in [0.5, 0.6) is 0 Å². The fourth-order valence-corrected chi connectivity index (χ4v) is 3.61. The molecule has 1 N–H and O–H groups in total. The summed E-state index contributed by atoms with van der Waals surface area (Å²) < 4.78 is 0. The van der Waals surface area contributed by atoms with E-state index in [4.69, 9.17) is 0 Å². The van der Waals surface area contributed by atoms with Gasteiger partial charge in [-0.2, -0.15) is 0 Å². The van der Waals surface area contributed by atoms with Crippen molar-refractivity contribution in [1.82, 2.24) is 5.32 Å². The zero-order chi connectivity index (χ0) is 13.4. The van der Waals surface area contributed by atoms with Gasteiger partial charge in [0.25, 0.3) is 0 Å². The van der Waals surface area contributed by atoms with Crippen LogP contribution in [0.1, 0.15) is 73.6 Å². The molecule has 0 aromatic rings. The Morgan fingerprint density at radius 3 is 2.39 bits per heavy atom. The number of amides is 1. The van der Waals surface area contributed by atoms with E-state index in [1.807, 2.05) is 6.92 Å². The molecule has 2 heteroatoms. The Labute approximate surface area is 114 Å². The van der Waals surface area contributed by atoms with E-state index in [0.29, 0.717) is 17.7 Å². The fraction of sp³-hybridized carbons (Fsp3) is 0.938. The minimum Gasteiger partial charge on any atom is -0.356 e. The molecular weight excluding hydrogens is 222 g/mol. The second-order valence-electron chi connectivity index (χ2n) is 5.78. The molecule has 0 heterocycles. The van der Waals surface area contributed by atoms with E-state index in [1.54, 1.807) is 0 Å². The second-order valence-corrected chi connectivity index (χ2v) is 5.78. The van der Waals surface area contributed by atoms with Crippen molar-refractivity contribution >= 4 is 5.91 Å². The van der Waals surface area contributed by atoms with E-state index >= 15 is 0 Å². The molecule has 0 aliphatic heterocycles. The van der Waals surface area contributed by atoms with Gasteiger partial charge in [0.1, 0.15) is 0 Å². The van der Waals surface area contributed by atoms with Gasteiger partial charge in [-0.05, 0) is 38.0 Å². The van der Waals surface area contributed by atoms with Crippen LogP contribution in [0.2, 0.25) is 0 Å². The Balaban J connectivity index is 0.00000324. The van der Waals surface area contributed by atoms with E-state index < -0.39 is 0 Å². The molecule has 1 aliphatic carbocycles. The molecule has 0 radical (unpaired) electrons. The summed E-state index contributed by atoms with van der Waals surface area (Å²) in [5.41, 5.74) is 0. The molecule has 0 spiro atoms. The minimum absolute atomic E-state index is 0. The summed E-state index contributed by atoms with van der Waals surface area (Å²) in [5, 5.41) is 3.08. The Hall–Kier alpha value is -0.530. The fourth-order valence-electron chi connectivity index (χ4n) is 3.61. The summed E-state index contributed by atoms with van der Waals surface area (Å²) in [6.45, 7) is 7.27. The number of carbonyl (C=O) groups is 1. The third-order valence-electron chi connectivity index (χ3n) is 4.50. The van der Waals surface area contributed by atoms with Gasteiger partial charge in [0.15, 0.2) is 0 Å². The van der Waals surface area contributed by atoms with Gasteiger partial charge in [-0.1, -0.05) is 46.0 Å². The first kappa shape index (κ1) is 15.5. The minimum atomic E-state index is 0. The molecule has 2 atom stereocenters. The average molecular weight is 255 g/mol. The van der Waals surface area contributed by atoms with Crippen LogP contribution in [0.15, 0.2) is 0 Å². The van der Waals surface area contributed by atoms with Gasteiger partial charge in [-0.15, -0.1) is 0 Å². The lowest BCUT2D eigenvalue weighted by Gasteiger charge is -2.34. The number of hydrogen-bond donors (Lipinski definition) is 1. The summed E-state index contributed by atoms with van der Waals surface area (Å²) in [7, 11) is 0. The maximum Gasteiger partial charge on any atom is 0.223 e. The van der Waals surface area contributed by atoms with Crippen LogP contribution in [0.25, 0.3) is 0 Å². The summed E-state index contributed by atoms with van der Waals surface area (Å²) in [5.74, 6) is 1.83. The molecule has 108 valence electrons. The molecule has 2 nitrogen and oxygen atoms in total. The molecule has 1 fully saturated rings. The van der Waals surface area contributed by atoms with Crippen LogP contribution in [0, 0.1) is 17.8 Å². The molecule has 18 heavy (non-hydrogen) atoms. The summed E-state index contributed by atoms with van der Waals surface area (Å²) in [6.07, 6.45) is 10.1. The van der Waals surface area contributed by atoms with E-state index in [-0.39, 0.29) is 7.34 Å². The van der Waals surface area contributed by atoms with E-state index in [0.717, 1.165) is 13.0 Å². The third-order valence-corrected chi connectivity index (χ3v) is 4.50. The average Bonchev–Trinajstić information content (AvgIpc) is 2.39. The number of rotatable bonds is 7. The van der Waals surface area contributed by atoms with Crippen molar-refractivity contribution in [3.05, 3.63) is 0 Å². The summed E-state index contributed by atoms with van der Waals surface area (Å²) in [4.78, 5) is 12.4. The van der Waals surface area contributed by atoms with E-state index in [2.05, 4.69) is 19.2 Å². The Bertz CT molecular complexity index is 234. The first-order valence-corrected chi connectivity index (χ1v) is 8.02. The maximum atomic E-state index is 12.4. The molecule has 1 rings (SSSR count). The smallest absolute Gasteiger partial charge is 0.223 e. The van der Waals surface area contributed by atoms with Crippen LogP contribution in [-0.4, -0.2) is 12.5 Å². The molecule has 0 aromatic carbocycles. The van der Waals surface area contributed by atoms with Crippen molar-refractivity contribution in [3.8, 4) is 0 Å². The van der Waals surface area contributed by atoms with Gasteiger partial charge in [-0.3, -0.25) is 4.79 Å². The van der Waals surface area contributed by atoms with Gasteiger partial charge in [0, 0.05) is 13.9 Å². The predicted octanol–water partition coefficient (Wildman–Crippen LogP) is 4.39. The topological polar surface area (TPSA) is 29.1 Å². The number of hydrogen-bond acceptors (Lipinski definition) is 1. The number of carbonyl (C=O) groups excluding carboxylic acids is 1. The van der Waals surface area contributed by atoms with Gasteiger partial charge in [-0.25, -0.2) is 0 Å². The van der Waals surface area contributed by atoms with Gasteiger partial charge < -0.3 is 5.32 Å². The quantitative estimate of drug-likeness (QED) is 0.718. The van der Waals surface area contributed by atoms with Crippen LogP contribution in [0.3, 0.4) is 0 Å². The number of nitrogens with one attached hydrogen (secondary N) is 1. The molecule has 1 amide bonds. The van der Waals surface area contributed by atoms with Gasteiger partial charge in [0.05, 0.1) is 0 Å². The molecular formula is C16H33NO. The highest BCUT2D eigenvalue weighted by Gasteiger charge is 2.34. The van der Waals surface area contributed by atoms with Crippen molar-refractivity contribution in [2.24, 2.45) is 17.8 Å². The van der Waals surface area contributed by atoms with Crippen molar-refractivity contribution in [3.63, 3.8) is 0 Å². The molecule has 1 aliphatic rings. The highest BCUT2D eigenvalue weighted by molar-refractivity contribution is 5.79. The van der Waals surface area contributed by atoms with Crippen molar-refractivity contribution < 1.29 is 6.22 Å². The molecule has 1 saturated carbocycles. The van der Waals surface area contributed by atoms with Crippen molar-refractivity contribution in [2.75, 3.05) is 6.54 Å². The van der Waals surface area contributed by atoms with Crippen LogP contribution in [-0.2, 0) is 4.79 Å². The Morgan fingerprint density at radius 2 is 1.89 bits per heavy atom. The van der Waals surface area contributed by atoms with Gasteiger partial charge in [0.2, 0.25) is 5.91 Å². The van der Waals surface area contributed by atoms with Gasteiger partial charge >= 0.3 is 0 Å². The Morgan fingerprint density at radius 1 is 1.22 bits per heavy atom. The largest absolute Gasteiger partial charge is 0.356 e. The Kier molecular flexibility index (Phi) is 7.38. The van der Waals surface area contributed by atoms with Crippen LogP contribution >= 0.6 is 0 Å². The normalized spacial score (nSPS) is 20.4. The lowest BCUT2D eigenvalue weighted by Crippen LogP contribution is -2.40.